The quantitative estimate of drug-likeness (QED) is 0.743. The SMILES string of the molecule is CCn1cc2ncc(Br)nc2n1. The zero-order valence-corrected chi connectivity index (χ0v) is 8.11. The molecule has 4 nitrogen and oxygen atoms in total. The molecule has 0 aliphatic heterocycles. The van der Waals surface area contributed by atoms with Crippen molar-refractivity contribution in [1.82, 2.24) is 19.7 Å². The second kappa shape index (κ2) is 2.82. The molecule has 2 rings (SSSR count). The Labute approximate surface area is 77.8 Å². The first-order valence-electron chi connectivity index (χ1n) is 3.65. The maximum atomic E-state index is 4.21. The summed E-state index contributed by atoms with van der Waals surface area (Å²) < 4.78 is 2.54. The molecule has 0 aliphatic carbocycles. The lowest BCUT2D eigenvalue weighted by Crippen LogP contribution is -1.92. The van der Waals surface area contributed by atoms with Gasteiger partial charge >= 0.3 is 0 Å². The average molecular weight is 227 g/mol. The molecule has 0 aliphatic rings. The van der Waals surface area contributed by atoms with Gasteiger partial charge in [0.05, 0.1) is 12.4 Å². The van der Waals surface area contributed by atoms with Gasteiger partial charge in [0.25, 0.3) is 0 Å². The third-order valence-electron chi connectivity index (χ3n) is 1.57. The molecule has 0 amide bonds. The topological polar surface area (TPSA) is 43.6 Å². The molecule has 0 bridgehead atoms. The lowest BCUT2D eigenvalue weighted by molar-refractivity contribution is 0.665. The number of rotatable bonds is 1. The van der Waals surface area contributed by atoms with E-state index >= 15 is 0 Å². The van der Waals surface area contributed by atoms with E-state index in [2.05, 4.69) is 31.0 Å². The molecular weight excluding hydrogens is 220 g/mol. The molecule has 62 valence electrons. The molecule has 5 heteroatoms. The molecular formula is C7H7BrN4. The molecule has 0 unspecified atom stereocenters. The number of aromatic nitrogens is 4. The Kier molecular flexibility index (Phi) is 1.80. The maximum Gasteiger partial charge on any atom is 0.200 e. The maximum absolute atomic E-state index is 4.21. The Bertz CT molecular complexity index is 409. The lowest BCUT2D eigenvalue weighted by Gasteiger charge is -1.88. The van der Waals surface area contributed by atoms with E-state index in [0.717, 1.165) is 16.7 Å². The van der Waals surface area contributed by atoms with Crippen LogP contribution in [0.25, 0.3) is 11.2 Å². The predicted molar refractivity (Wildman–Crippen MR) is 48.7 cm³/mol. The molecule has 0 N–H and O–H groups in total. The van der Waals surface area contributed by atoms with Crippen LogP contribution in [0.15, 0.2) is 17.0 Å². The summed E-state index contributed by atoms with van der Waals surface area (Å²) in [6.45, 7) is 2.87. The predicted octanol–water partition coefficient (Wildman–Crippen LogP) is 1.61. The number of nitrogens with zero attached hydrogens (tertiary/aromatic N) is 4. The first-order valence-corrected chi connectivity index (χ1v) is 4.44. The largest absolute Gasteiger partial charge is 0.269 e. The second-order valence-corrected chi connectivity index (χ2v) is 3.20. The van der Waals surface area contributed by atoms with Gasteiger partial charge < -0.3 is 0 Å². The van der Waals surface area contributed by atoms with Crippen LogP contribution < -0.4 is 0 Å². The normalized spacial score (nSPS) is 10.8. The van der Waals surface area contributed by atoms with Crippen LogP contribution in [-0.2, 0) is 6.54 Å². The Morgan fingerprint density at radius 1 is 1.58 bits per heavy atom. The molecule has 2 aromatic heterocycles. The van der Waals surface area contributed by atoms with Crippen molar-refractivity contribution in [2.24, 2.45) is 0 Å². The van der Waals surface area contributed by atoms with E-state index < -0.39 is 0 Å². The minimum atomic E-state index is 0.686. The van der Waals surface area contributed by atoms with E-state index in [0.29, 0.717) is 5.65 Å². The third-order valence-corrected chi connectivity index (χ3v) is 1.95. The van der Waals surface area contributed by atoms with Crippen molar-refractivity contribution in [1.29, 1.82) is 0 Å². The van der Waals surface area contributed by atoms with Gasteiger partial charge in [-0.1, -0.05) is 0 Å². The van der Waals surface area contributed by atoms with Crippen LogP contribution in [0.2, 0.25) is 0 Å². The van der Waals surface area contributed by atoms with Gasteiger partial charge in [-0.2, -0.15) is 5.10 Å². The fourth-order valence-corrected chi connectivity index (χ4v) is 1.26. The highest BCUT2D eigenvalue weighted by Gasteiger charge is 2.01. The molecule has 0 saturated carbocycles. The molecule has 12 heavy (non-hydrogen) atoms. The van der Waals surface area contributed by atoms with Gasteiger partial charge in [-0.15, -0.1) is 0 Å². The fourth-order valence-electron chi connectivity index (χ4n) is 0.986. The van der Waals surface area contributed by atoms with Crippen LogP contribution in [0.1, 0.15) is 6.92 Å². The zero-order valence-electron chi connectivity index (χ0n) is 6.53. The van der Waals surface area contributed by atoms with E-state index in [1.807, 2.05) is 17.8 Å². The minimum absolute atomic E-state index is 0.686. The van der Waals surface area contributed by atoms with Gasteiger partial charge in [-0.25, -0.2) is 9.97 Å². The molecule has 2 aromatic rings. The number of aryl methyl sites for hydroxylation is 1. The fraction of sp³-hybridized carbons (Fsp3) is 0.286. The molecule has 0 saturated heterocycles. The Morgan fingerprint density at radius 3 is 3.17 bits per heavy atom. The summed E-state index contributed by atoms with van der Waals surface area (Å²) in [5.41, 5.74) is 1.52. The van der Waals surface area contributed by atoms with Gasteiger partial charge in [0.1, 0.15) is 10.1 Å². The highest BCUT2D eigenvalue weighted by Crippen LogP contribution is 2.10. The highest BCUT2D eigenvalue weighted by molar-refractivity contribution is 9.10. The van der Waals surface area contributed by atoms with Crippen molar-refractivity contribution >= 4 is 27.1 Å². The lowest BCUT2D eigenvalue weighted by atomic mass is 10.6. The molecule has 0 radical (unpaired) electrons. The van der Waals surface area contributed by atoms with Crippen LogP contribution in [0, 0.1) is 0 Å². The van der Waals surface area contributed by atoms with E-state index in [1.165, 1.54) is 0 Å². The molecule has 0 aromatic carbocycles. The summed E-state index contributed by atoms with van der Waals surface area (Å²) in [4.78, 5) is 8.32. The standard InChI is InChI=1S/C7H7BrN4/c1-2-12-4-5-7(11-12)10-6(8)3-9-5/h3-4H,2H2,1H3. The molecule has 0 fully saturated rings. The van der Waals surface area contributed by atoms with Crippen molar-refractivity contribution in [2.75, 3.05) is 0 Å². The Hall–Kier alpha value is -0.970. The summed E-state index contributed by atoms with van der Waals surface area (Å²) in [5.74, 6) is 0. The summed E-state index contributed by atoms with van der Waals surface area (Å²) in [7, 11) is 0. The van der Waals surface area contributed by atoms with E-state index in [9.17, 15) is 0 Å². The smallest absolute Gasteiger partial charge is 0.200 e. The van der Waals surface area contributed by atoms with Crippen LogP contribution in [-0.4, -0.2) is 19.7 Å². The zero-order chi connectivity index (χ0) is 8.55. The summed E-state index contributed by atoms with van der Waals surface area (Å²) in [6, 6.07) is 0. The highest BCUT2D eigenvalue weighted by atomic mass is 79.9. The summed E-state index contributed by atoms with van der Waals surface area (Å²) in [5, 5.41) is 4.21. The first kappa shape index (κ1) is 7.67. The van der Waals surface area contributed by atoms with Crippen LogP contribution in [0.4, 0.5) is 0 Å². The van der Waals surface area contributed by atoms with Crippen molar-refractivity contribution in [3.05, 3.63) is 17.0 Å². The van der Waals surface area contributed by atoms with Crippen LogP contribution >= 0.6 is 15.9 Å². The van der Waals surface area contributed by atoms with Crippen molar-refractivity contribution in [2.45, 2.75) is 13.5 Å². The van der Waals surface area contributed by atoms with Gasteiger partial charge in [0, 0.05) is 6.54 Å². The molecule has 0 atom stereocenters. The minimum Gasteiger partial charge on any atom is -0.269 e. The van der Waals surface area contributed by atoms with E-state index in [4.69, 9.17) is 0 Å². The molecule has 0 spiro atoms. The monoisotopic (exact) mass is 226 g/mol. The molecule has 2 heterocycles. The van der Waals surface area contributed by atoms with Crippen molar-refractivity contribution < 1.29 is 0 Å². The van der Waals surface area contributed by atoms with Gasteiger partial charge in [0.15, 0.2) is 0 Å². The first-order chi connectivity index (χ1) is 5.79. The van der Waals surface area contributed by atoms with Crippen LogP contribution in [0.3, 0.4) is 0 Å². The Balaban J connectivity index is 2.67. The Morgan fingerprint density at radius 2 is 2.42 bits per heavy atom. The summed E-state index contributed by atoms with van der Waals surface area (Å²) in [6.07, 6.45) is 3.55. The second-order valence-electron chi connectivity index (χ2n) is 2.39. The van der Waals surface area contributed by atoms with E-state index in [-0.39, 0.29) is 0 Å². The van der Waals surface area contributed by atoms with Gasteiger partial charge in [0.2, 0.25) is 5.65 Å². The number of hydrogen-bond acceptors (Lipinski definition) is 3. The number of halogens is 1. The van der Waals surface area contributed by atoms with Crippen LogP contribution in [0.5, 0.6) is 0 Å². The van der Waals surface area contributed by atoms with Gasteiger partial charge in [-0.3, -0.25) is 4.68 Å². The average Bonchev–Trinajstić information content (AvgIpc) is 2.46. The number of fused-ring (bicyclic) bond motifs is 1. The van der Waals surface area contributed by atoms with E-state index in [1.54, 1.807) is 6.20 Å². The van der Waals surface area contributed by atoms with Crippen molar-refractivity contribution in [3.63, 3.8) is 0 Å². The van der Waals surface area contributed by atoms with Gasteiger partial charge in [-0.05, 0) is 22.9 Å². The summed E-state index contributed by atoms with van der Waals surface area (Å²) >= 11 is 3.24. The van der Waals surface area contributed by atoms with Crippen molar-refractivity contribution in [3.8, 4) is 0 Å². The number of hydrogen-bond donors (Lipinski definition) is 0. The third kappa shape index (κ3) is 1.20.